The van der Waals surface area contributed by atoms with Gasteiger partial charge in [0.15, 0.2) is 6.10 Å². The number of fused-ring (bicyclic) bond motifs is 1. The van der Waals surface area contributed by atoms with Gasteiger partial charge in [-0.15, -0.1) is 0 Å². The molecule has 112 valence electrons. The van der Waals surface area contributed by atoms with Gasteiger partial charge >= 0.3 is 5.97 Å². The van der Waals surface area contributed by atoms with E-state index in [0.29, 0.717) is 11.0 Å². The number of ether oxygens (including phenoxy) is 1. The summed E-state index contributed by atoms with van der Waals surface area (Å²) in [6, 6.07) is 4.72. The van der Waals surface area contributed by atoms with Crippen molar-refractivity contribution in [3.05, 3.63) is 18.2 Å². The van der Waals surface area contributed by atoms with E-state index in [1.165, 1.54) is 6.07 Å². The summed E-state index contributed by atoms with van der Waals surface area (Å²) in [4.78, 5) is 11.0. The van der Waals surface area contributed by atoms with E-state index in [1.807, 2.05) is 0 Å². The van der Waals surface area contributed by atoms with Crippen LogP contribution >= 0.6 is 11.7 Å². The Morgan fingerprint density at radius 1 is 1.43 bits per heavy atom. The molecule has 0 radical (unpaired) electrons. The van der Waals surface area contributed by atoms with Crippen molar-refractivity contribution >= 4 is 38.8 Å². The van der Waals surface area contributed by atoms with Gasteiger partial charge in [-0.1, -0.05) is 6.07 Å². The van der Waals surface area contributed by atoms with Gasteiger partial charge in [0.25, 0.3) is 0 Å². The number of morpholine rings is 1. The van der Waals surface area contributed by atoms with Crippen LogP contribution in [0, 0.1) is 0 Å². The van der Waals surface area contributed by atoms with Crippen molar-refractivity contribution in [1.82, 2.24) is 13.1 Å². The van der Waals surface area contributed by atoms with Crippen LogP contribution in [0.15, 0.2) is 23.1 Å². The van der Waals surface area contributed by atoms with E-state index in [9.17, 15) is 13.2 Å². The predicted molar refractivity (Wildman–Crippen MR) is 73.5 cm³/mol. The largest absolute Gasteiger partial charge is 0.479 e. The Kier molecular flexibility index (Phi) is 3.61. The SMILES string of the molecule is O=C(O)C1CN(S(=O)(=O)c2cccc3nsnc23)CCO1. The second-order valence-corrected chi connectivity index (χ2v) is 6.88. The van der Waals surface area contributed by atoms with Crippen LogP contribution in [0.5, 0.6) is 0 Å². The molecule has 1 fully saturated rings. The highest BCUT2D eigenvalue weighted by Crippen LogP contribution is 2.25. The lowest BCUT2D eigenvalue weighted by molar-refractivity contribution is -0.153. The molecule has 1 aliphatic heterocycles. The fraction of sp³-hybridized carbons (Fsp3) is 0.364. The lowest BCUT2D eigenvalue weighted by Gasteiger charge is -2.29. The molecular formula is C11H11N3O5S2. The average molecular weight is 329 g/mol. The van der Waals surface area contributed by atoms with Crippen molar-refractivity contribution in [1.29, 1.82) is 0 Å². The molecule has 0 aliphatic carbocycles. The summed E-state index contributed by atoms with van der Waals surface area (Å²) in [6.07, 6.45) is -1.15. The number of aliphatic carboxylic acids is 1. The normalized spacial score (nSPS) is 20.7. The highest BCUT2D eigenvalue weighted by Gasteiger charge is 2.35. The highest BCUT2D eigenvalue weighted by atomic mass is 32.2. The zero-order valence-electron chi connectivity index (χ0n) is 10.7. The van der Waals surface area contributed by atoms with Gasteiger partial charge in [0, 0.05) is 6.54 Å². The second kappa shape index (κ2) is 5.30. The van der Waals surface area contributed by atoms with Crippen molar-refractivity contribution in [2.75, 3.05) is 19.7 Å². The van der Waals surface area contributed by atoms with Gasteiger partial charge in [0.1, 0.15) is 15.9 Å². The summed E-state index contributed by atoms with van der Waals surface area (Å²) >= 11 is 0.933. The fourth-order valence-electron chi connectivity index (χ4n) is 2.12. The maximum Gasteiger partial charge on any atom is 0.334 e. The Labute approximate surface area is 124 Å². The molecular weight excluding hydrogens is 318 g/mol. The molecule has 0 spiro atoms. The summed E-state index contributed by atoms with van der Waals surface area (Å²) in [6.45, 7) is -0.0623. The number of hydrogen-bond acceptors (Lipinski definition) is 7. The average Bonchev–Trinajstić information content (AvgIpc) is 2.95. The molecule has 0 amide bonds. The van der Waals surface area contributed by atoms with Crippen molar-refractivity contribution < 1.29 is 23.1 Å². The topological polar surface area (TPSA) is 110 Å². The van der Waals surface area contributed by atoms with Gasteiger partial charge in [0.2, 0.25) is 10.0 Å². The van der Waals surface area contributed by atoms with Crippen LogP contribution in [-0.2, 0) is 19.6 Å². The highest BCUT2D eigenvalue weighted by molar-refractivity contribution is 7.89. The predicted octanol–water partition coefficient (Wildman–Crippen LogP) is 0.165. The summed E-state index contributed by atoms with van der Waals surface area (Å²) in [5.41, 5.74) is 0.810. The van der Waals surface area contributed by atoms with Crippen LogP contribution in [0.2, 0.25) is 0 Å². The van der Waals surface area contributed by atoms with Gasteiger partial charge in [-0.25, -0.2) is 13.2 Å². The molecule has 2 heterocycles. The first-order chi connectivity index (χ1) is 10.00. The van der Waals surface area contributed by atoms with Crippen LogP contribution in [-0.4, -0.2) is 58.3 Å². The molecule has 1 atom stereocenters. The molecule has 1 saturated heterocycles. The van der Waals surface area contributed by atoms with Crippen molar-refractivity contribution in [2.24, 2.45) is 0 Å². The van der Waals surface area contributed by atoms with Crippen molar-refractivity contribution in [3.63, 3.8) is 0 Å². The van der Waals surface area contributed by atoms with Gasteiger partial charge in [-0.05, 0) is 12.1 Å². The van der Waals surface area contributed by atoms with Gasteiger partial charge in [0.05, 0.1) is 24.9 Å². The standard InChI is InChI=1S/C11H11N3O5S2/c15-11(16)8-6-14(4-5-19-8)21(17,18)9-3-1-2-7-10(9)13-20-12-7/h1-3,8H,4-6H2,(H,15,16). The molecule has 2 aromatic rings. The number of benzene rings is 1. The van der Waals surface area contributed by atoms with Crippen molar-refractivity contribution in [3.8, 4) is 0 Å². The van der Waals surface area contributed by atoms with Gasteiger partial charge < -0.3 is 9.84 Å². The van der Waals surface area contributed by atoms with Crippen LogP contribution in [0.1, 0.15) is 0 Å². The molecule has 1 aromatic carbocycles. The van der Waals surface area contributed by atoms with Crippen LogP contribution < -0.4 is 0 Å². The Balaban J connectivity index is 2.00. The van der Waals surface area contributed by atoms with Crippen molar-refractivity contribution in [2.45, 2.75) is 11.0 Å². The smallest absolute Gasteiger partial charge is 0.334 e. The lowest BCUT2D eigenvalue weighted by atomic mass is 10.3. The number of hydrogen-bond donors (Lipinski definition) is 1. The molecule has 0 saturated carbocycles. The molecule has 1 unspecified atom stereocenters. The number of sulfonamides is 1. The third-order valence-electron chi connectivity index (χ3n) is 3.17. The minimum atomic E-state index is -3.83. The number of nitrogens with zero attached hydrogens (tertiary/aromatic N) is 3. The van der Waals surface area contributed by atoms with Crippen LogP contribution in [0.3, 0.4) is 0 Å². The van der Waals surface area contributed by atoms with Gasteiger partial charge in [-0.3, -0.25) is 0 Å². The van der Waals surface area contributed by atoms with E-state index in [4.69, 9.17) is 9.84 Å². The molecule has 10 heteroatoms. The molecule has 0 bridgehead atoms. The van der Waals surface area contributed by atoms with E-state index in [0.717, 1.165) is 16.0 Å². The molecule has 1 aromatic heterocycles. The number of carbonyl (C=O) groups is 1. The number of rotatable bonds is 3. The first-order valence-electron chi connectivity index (χ1n) is 6.06. The fourth-order valence-corrected chi connectivity index (χ4v) is 4.30. The minimum Gasteiger partial charge on any atom is -0.479 e. The zero-order chi connectivity index (χ0) is 15.0. The molecule has 1 N–H and O–H groups in total. The number of carboxylic acid groups (broad SMARTS) is 1. The summed E-state index contributed by atoms with van der Waals surface area (Å²) in [7, 11) is -3.83. The van der Waals surface area contributed by atoms with E-state index in [2.05, 4.69) is 8.75 Å². The Morgan fingerprint density at radius 2 is 2.24 bits per heavy atom. The molecule has 21 heavy (non-hydrogen) atoms. The Morgan fingerprint density at radius 3 is 3.00 bits per heavy atom. The first-order valence-corrected chi connectivity index (χ1v) is 8.23. The Bertz CT molecular complexity index is 788. The van der Waals surface area contributed by atoms with Gasteiger partial charge in [-0.2, -0.15) is 13.1 Å². The van der Waals surface area contributed by atoms with E-state index in [-0.39, 0.29) is 24.6 Å². The van der Waals surface area contributed by atoms with E-state index in [1.54, 1.807) is 12.1 Å². The summed E-state index contributed by atoms with van der Waals surface area (Å²) < 4.78 is 39.5. The maximum atomic E-state index is 12.7. The van der Waals surface area contributed by atoms with E-state index < -0.39 is 22.1 Å². The summed E-state index contributed by atoms with van der Waals surface area (Å²) in [5, 5.41) is 8.96. The van der Waals surface area contributed by atoms with E-state index >= 15 is 0 Å². The number of aromatic nitrogens is 2. The third-order valence-corrected chi connectivity index (χ3v) is 5.61. The quantitative estimate of drug-likeness (QED) is 0.854. The minimum absolute atomic E-state index is 0.0415. The first kappa shape index (κ1) is 14.3. The monoisotopic (exact) mass is 329 g/mol. The number of carboxylic acids is 1. The summed E-state index contributed by atoms with van der Waals surface area (Å²) in [5.74, 6) is -1.18. The third kappa shape index (κ3) is 2.50. The molecule has 3 rings (SSSR count). The Hall–Kier alpha value is -1.62. The van der Waals surface area contributed by atoms with Crippen LogP contribution in [0.4, 0.5) is 0 Å². The second-order valence-electron chi connectivity index (χ2n) is 4.45. The van der Waals surface area contributed by atoms with Crippen LogP contribution in [0.25, 0.3) is 11.0 Å². The maximum absolute atomic E-state index is 12.7. The lowest BCUT2D eigenvalue weighted by Crippen LogP contribution is -2.48. The zero-order valence-corrected chi connectivity index (χ0v) is 12.3. The molecule has 8 nitrogen and oxygen atoms in total. The molecule has 1 aliphatic rings.